The van der Waals surface area contributed by atoms with E-state index in [1.165, 1.54) is 0 Å². The van der Waals surface area contributed by atoms with Crippen LogP contribution in [0.4, 0.5) is 9.59 Å². The fourth-order valence-corrected chi connectivity index (χ4v) is 2.29. The standard InChI is InChI=1S/C18H26N2O4/c1-17(2,3)24-16(22)20-18(9-10-18)11-12-19-15(21)23-13-14-7-5-4-6-8-14/h4-8H,9-13H2,1-3H3,(H,19,21)(H,20,22). The molecule has 6 heteroatoms. The smallest absolute Gasteiger partial charge is 0.408 e. The van der Waals surface area contributed by atoms with Gasteiger partial charge >= 0.3 is 12.2 Å². The van der Waals surface area contributed by atoms with Gasteiger partial charge in [-0.2, -0.15) is 0 Å². The Labute approximate surface area is 142 Å². The Kier molecular flexibility index (Phi) is 5.70. The number of alkyl carbamates (subject to hydrolysis) is 2. The Morgan fingerprint density at radius 3 is 2.38 bits per heavy atom. The highest BCUT2D eigenvalue weighted by Crippen LogP contribution is 2.38. The monoisotopic (exact) mass is 334 g/mol. The number of amides is 2. The van der Waals surface area contributed by atoms with Crippen LogP contribution < -0.4 is 10.6 Å². The second-order valence-electron chi connectivity index (χ2n) is 7.15. The summed E-state index contributed by atoms with van der Waals surface area (Å²) >= 11 is 0. The first-order chi connectivity index (χ1) is 11.3. The molecule has 2 amide bonds. The number of hydrogen-bond acceptors (Lipinski definition) is 4. The third-order valence-electron chi connectivity index (χ3n) is 3.71. The Balaban J connectivity index is 1.64. The Hall–Kier alpha value is -2.24. The quantitative estimate of drug-likeness (QED) is 0.836. The summed E-state index contributed by atoms with van der Waals surface area (Å²) in [6.45, 7) is 6.18. The summed E-state index contributed by atoms with van der Waals surface area (Å²) in [6.07, 6.45) is 1.59. The summed E-state index contributed by atoms with van der Waals surface area (Å²) in [7, 11) is 0. The van der Waals surface area contributed by atoms with Crippen molar-refractivity contribution >= 4 is 12.2 Å². The summed E-state index contributed by atoms with van der Waals surface area (Å²) in [5, 5.41) is 5.62. The van der Waals surface area contributed by atoms with Gasteiger partial charge in [0, 0.05) is 12.1 Å². The Morgan fingerprint density at radius 1 is 1.12 bits per heavy atom. The molecule has 132 valence electrons. The van der Waals surface area contributed by atoms with Crippen molar-refractivity contribution in [3.05, 3.63) is 35.9 Å². The van der Waals surface area contributed by atoms with Crippen LogP contribution in [0.5, 0.6) is 0 Å². The minimum Gasteiger partial charge on any atom is -0.445 e. The van der Waals surface area contributed by atoms with Crippen LogP contribution >= 0.6 is 0 Å². The first kappa shape index (κ1) is 18.1. The third kappa shape index (κ3) is 6.48. The molecule has 0 radical (unpaired) electrons. The lowest BCUT2D eigenvalue weighted by molar-refractivity contribution is 0.0494. The van der Waals surface area contributed by atoms with Crippen molar-refractivity contribution in [3.63, 3.8) is 0 Å². The summed E-state index contributed by atoms with van der Waals surface area (Å²) in [6, 6.07) is 9.51. The second kappa shape index (κ2) is 7.55. The first-order valence-electron chi connectivity index (χ1n) is 8.24. The van der Waals surface area contributed by atoms with Crippen LogP contribution in [0.15, 0.2) is 30.3 Å². The number of benzene rings is 1. The number of carbonyl (C=O) groups excluding carboxylic acids is 2. The number of nitrogens with one attached hydrogen (secondary N) is 2. The molecule has 1 aromatic rings. The molecule has 0 aliphatic heterocycles. The van der Waals surface area contributed by atoms with Crippen molar-refractivity contribution in [2.45, 2.75) is 57.8 Å². The van der Waals surface area contributed by atoms with Gasteiger partial charge < -0.3 is 20.1 Å². The van der Waals surface area contributed by atoms with Crippen LogP contribution in [-0.2, 0) is 16.1 Å². The summed E-state index contributed by atoms with van der Waals surface area (Å²) < 4.78 is 10.4. The first-order valence-corrected chi connectivity index (χ1v) is 8.24. The average molecular weight is 334 g/mol. The highest BCUT2D eigenvalue weighted by Gasteiger charge is 2.44. The lowest BCUT2D eigenvalue weighted by atomic mass is 10.2. The predicted molar refractivity (Wildman–Crippen MR) is 90.6 cm³/mol. The van der Waals surface area contributed by atoms with Gasteiger partial charge in [-0.1, -0.05) is 30.3 Å². The van der Waals surface area contributed by atoms with Gasteiger partial charge in [-0.25, -0.2) is 9.59 Å². The van der Waals surface area contributed by atoms with Crippen LogP contribution in [0, 0.1) is 0 Å². The summed E-state index contributed by atoms with van der Waals surface area (Å²) in [5.74, 6) is 0. The molecule has 0 spiro atoms. The van der Waals surface area contributed by atoms with Gasteiger partial charge in [0.15, 0.2) is 0 Å². The van der Waals surface area contributed by atoms with Gasteiger partial charge in [0.25, 0.3) is 0 Å². The van der Waals surface area contributed by atoms with Gasteiger partial charge in [-0.05, 0) is 45.6 Å². The Morgan fingerprint density at radius 2 is 1.79 bits per heavy atom. The molecular weight excluding hydrogens is 308 g/mol. The van der Waals surface area contributed by atoms with Crippen LogP contribution in [0.3, 0.4) is 0 Å². The van der Waals surface area contributed by atoms with E-state index in [0.717, 1.165) is 18.4 Å². The lowest BCUT2D eigenvalue weighted by Gasteiger charge is -2.23. The predicted octanol–water partition coefficient (Wildman–Crippen LogP) is 3.36. The molecule has 1 saturated carbocycles. The highest BCUT2D eigenvalue weighted by molar-refractivity contribution is 5.69. The van der Waals surface area contributed by atoms with Crippen molar-refractivity contribution in [2.75, 3.05) is 6.54 Å². The molecule has 1 fully saturated rings. The van der Waals surface area contributed by atoms with E-state index in [4.69, 9.17) is 9.47 Å². The molecular formula is C18H26N2O4. The molecule has 0 saturated heterocycles. The largest absolute Gasteiger partial charge is 0.445 e. The van der Waals surface area contributed by atoms with E-state index in [9.17, 15) is 9.59 Å². The topological polar surface area (TPSA) is 76.7 Å². The molecule has 0 aromatic heterocycles. The molecule has 1 aliphatic rings. The SMILES string of the molecule is CC(C)(C)OC(=O)NC1(CCNC(=O)OCc2ccccc2)CC1. The second-order valence-corrected chi connectivity index (χ2v) is 7.15. The maximum atomic E-state index is 11.8. The Bertz CT molecular complexity index is 562. The fraction of sp³-hybridized carbons (Fsp3) is 0.556. The van der Waals surface area contributed by atoms with E-state index >= 15 is 0 Å². The van der Waals surface area contributed by atoms with E-state index < -0.39 is 17.8 Å². The molecule has 1 aromatic carbocycles. The molecule has 0 bridgehead atoms. The van der Waals surface area contributed by atoms with Crippen LogP contribution in [0.1, 0.15) is 45.6 Å². The molecule has 0 heterocycles. The molecule has 24 heavy (non-hydrogen) atoms. The molecule has 2 N–H and O–H groups in total. The van der Waals surface area contributed by atoms with Crippen molar-refractivity contribution in [3.8, 4) is 0 Å². The van der Waals surface area contributed by atoms with Crippen LogP contribution in [0.25, 0.3) is 0 Å². The number of hydrogen-bond donors (Lipinski definition) is 2. The van der Waals surface area contributed by atoms with E-state index in [1.807, 2.05) is 51.1 Å². The minimum atomic E-state index is -0.514. The van der Waals surface area contributed by atoms with Gasteiger partial charge in [-0.3, -0.25) is 0 Å². The molecule has 1 aliphatic carbocycles. The van der Waals surface area contributed by atoms with Crippen LogP contribution in [0.2, 0.25) is 0 Å². The molecule has 0 unspecified atom stereocenters. The summed E-state index contributed by atoms with van der Waals surface area (Å²) in [5.41, 5.74) is 0.173. The van der Waals surface area contributed by atoms with Gasteiger partial charge in [0.05, 0.1) is 0 Å². The van der Waals surface area contributed by atoms with Crippen molar-refractivity contribution in [1.82, 2.24) is 10.6 Å². The normalized spacial score (nSPS) is 15.3. The number of carbonyl (C=O) groups is 2. The van der Waals surface area contributed by atoms with E-state index in [2.05, 4.69) is 10.6 Å². The van der Waals surface area contributed by atoms with Gasteiger partial charge in [0.2, 0.25) is 0 Å². The zero-order valence-electron chi connectivity index (χ0n) is 14.6. The zero-order chi connectivity index (χ0) is 17.6. The lowest BCUT2D eigenvalue weighted by Crippen LogP contribution is -2.42. The van der Waals surface area contributed by atoms with E-state index in [1.54, 1.807) is 0 Å². The minimum absolute atomic E-state index is 0.244. The molecule has 0 atom stereocenters. The van der Waals surface area contributed by atoms with Gasteiger partial charge in [0.1, 0.15) is 12.2 Å². The molecule has 6 nitrogen and oxygen atoms in total. The number of ether oxygens (including phenoxy) is 2. The van der Waals surface area contributed by atoms with Crippen molar-refractivity contribution in [2.24, 2.45) is 0 Å². The van der Waals surface area contributed by atoms with E-state index in [-0.39, 0.29) is 12.1 Å². The summed E-state index contributed by atoms with van der Waals surface area (Å²) in [4.78, 5) is 23.5. The third-order valence-corrected chi connectivity index (χ3v) is 3.71. The molecule has 2 rings (SSSR count). The van der Waals surface area contributed by atoms with E-state index in [0.29, 0.717) is 13.0 Å². The van der Waals surface area contributed by atoms with Crippen molar-refractivity contribution < 1.29 is 19.1 Å². The average Bonchev–Trinajstić information content (AvgIpc) is 3.23. The zero-order valence-corrected chi connectivity index (χ0v) is 14.6. The maximum Gasteiger partial charge on any atom is 0.408 e. The maximum absolute atomic E-state index is 11.8. The van der Waals surface area contributed by atoms with Gasteiger partial charge in [-0.15, -0.1) is 0 Å². The number of rotatable bonds is 6. The van der Waals surface area contributed by atoms with Crippen LogP contribution in [-0.4, -0.2) is 29.9 Å². The van der Waals surface area contributed by atoms with Crippen molar-refractivity contribution in [1.29, 1.82) is 0 Å². The fourth-order valence-electron chi connectivity index (χ4n) is 2.29. The highest BCUT2D eigenvalue weighted by atomic mass is 16.6.